The molecule has 0 aliphatic rings. The van der Waals surface area contributed by atoms with E-state index >= 15 is 0 Å². The molecule has 3 aromatic heterocycles. The third kappa shape index (κ3) is 4.61. The van der Waals surface area contributed by atoms with Gasteiger partial charge in [0.1, 0.15) is 12.3 Å². The standard InChI is InChI=1S/C21H23IN7OP/c1-5-18-16-11-15(6-7-19(16)29(26-18)31-22)17-12-23-28(4)20(17)13-27(3)8-9-30-21-10-14(2)24-25-21/h1,6-7,10-12,31H,8-9,13H2,2-4H3,(H,24,25). The van der Waals surface area contributed by atoms with E-state index in [-0.39, 0.29) is 0 Å². The van der Waals surface area contributed by atoms with Gasteiger partial charge < -0.3 is 4.74 Å². The summed E-state index contributed by atoms with van der Waals surface area (Å²) < 4.78 is 9.59. The van der Waals surface area contributed by atoms with Crippen LogP contribution in [0.5, 0.6) is 5.88 Å². The average Bonchev–Trinajstić information content (AvgIpc) is 3.45. The molecule has 0 radical (unpaired) electrons. The van der Waals surface area contributed by atoms with E-state index in [0.717, 1.165) is 46.5 Å². The van der Waals surface area contributed by atoms with Gasteiger partial charge >= 0.3 is 0 Å². The Hall–Kier alpha value is -2.41. The molecule has 3 heterocycles. The Morgan fingerprint density at radius 3 is 2.90 bits per heavy atom. The lowest BCUT2D eigenvalue weighted by Crippen LogP contribution is -2.25. The molecule has 0 aliphatic heterocycles. The number of aromatic nitrogens is 6. The van der Waals surface area contributed by atoms with Crippen LogP contribution in [0, 0.1) is 19.3 Å². The number of fused-ring (bicyclic) bond motifs is 1. The number of terminal acetylenes is 1. The van der Waals surface area contributed by atoms with E-state index in [2.05, 4.69) is 78.5 Å². The lowest BCUT2D eigenvalue weighted by atomic mass is 10.0. The van der Waals surface area contributed by atoms with Gasteiger partial charge in [-0.1, -0.05) is 6.07 Å². The van der Waals surface area contributed by atoms with E-state index in [1.165, 1.54) is 0 Å². The zero-order valence-electron chi connectivity index (χ0n) is 17.6. The van der Waals surface area contributed by atoms with Gasteiger partial charge in [0, 0.05) is 42.8 Å². The molecule has 4 aromatic rings. The average molecular weight is 547 g/mol. The van der Waals surface area contributed by atoms with Crippen molar-refractivity contribution in [2.45, 2.75) is 13.5 Å². The van der Waals surface area contributed by atoms with E-state index in [0.29, 0.717) is 24.6 Å². The highest BCUT2D eigenvalue weighted by atomic mass is 127. The van der Waals surface area contributed by atoms with Crippen LogP contribution < -0.4 is 4.74 Å². The quantitative estimate of drug-likeness (QED) is 0.207. The van der Waals surface area contributed by atoms with Gasteiger partial charge in [-0.25, -0.2) is 4.45 Å². The van der Waals surface area contributed by atoms with Crippen LogP contribution in [0.2, 0.25) is 0 Å². The molecule has 160 valence electrons. The number of likely N-dealkylation sites (N-methyl/N-ethyl adjacent to an activating group) is 1. The summed E-state index contributed by atoms with van der Waals surface area (Å²) in [5.74, 6) is 3.34. The minimum atomic E-state index is 0.498. The number of hydrogen-bond donors (Lipinski definition) is 1. The molecular formula is C21H23IN7OP. The monoisotopic (exact) mass is 547 g/mol. The summed E-state index contributed by atoms with van der Waals surface area (Å²) in [4.78, 5) is 2.21. The summed E-state index contributed by atoms with van der Waals surface area (Å²) in [5.41, 5.74) is 6.01. The fraction of sp³-hybridized carbons (Fsp3) is 0.286. The topological polar surface area (TPSA) is 76.8 Å². The second kappa shape index (κ2) is 9.39. The summed E-state index contributed by atoms with van der Waals surface area (Å²) in [7, 11) is 4.04. The number of aryl methyl sites for hydroxylation is 2. The van der Waals surface area contributed by atoms with Gasteiger partial charge in [0.05, 0.1) is 23.8 Å². The summed E-state index contributed by atoms with van der Waals surface area (Å²) in [6, 6.07) is 8.21. The molecule has 0 aliphatic carbocycles. The minimum Gasteiger partial charge on any atom is -0.475 e. The van der Waals surface area contributed by atoms with Crippen LogP contribution in [-0.2, 0) is 13.6 Å². The number of benzene rings is 1. The van der Waals surface area contributed by atoms with Crippen molar-refractivity contribution >= 4 is 39.3 Å². The van der Waals surface area contributed by atoms with Gasteiger partial charge in [0.15, 0.2) is 0 Å². The number of nitrogens with zero attached hydrogens (tertiary/aromatic N) is 6. The number of H-pyrrole nitrogens is 1. The van der Waals surface area contributed by atoms with Gasteiger partial charge in [-0.15, -0.1) is 11.5 Å². The van der Waals surface area contributed by atoms with Crippen molar-refractivity contribution in [1.29, 1.82) is 0 Å². The number of ether oxygens (including phenoxy) is 1. The van der Waals surface area contributed by atoms with E-state index in [4.69, 9.17) is 11.2 Å². The molecule has 1 unspecified atom stereocenters. The zero-order chi connectivity index (χ0) is 22.0. The normalized spacial score (nSPS) is 11.7. The molecule has 10 heteroatoms. The van der Waals surface area contributed by atoms with Crippen molar-refractivity contribution in [3.8, 4) is 29.4 Å². The van der Waals surface area contributed by atoms with Crippen molar-refractivity contribution in [2.75, 3.05) is 20.2 Å². The van der Waals surface area contributed by atoms with Gasteiger partial charge in [0.2, 0.25) is 5.88 Å². The highest BCUT2D eigenvalue weighted by molar-refractivity contribution is 14.2. The Morgan fingerprint density at radius 2 is 2.19 bits per heavy atom. The SMILES string of the molecule is C#Cc1nn(PI)c2ccc(-c3cnn(C)c3CN(C)CCOc3cc(C)[nH]n3)cc12. The van der Waals surface area contributed by atoms with E-state index in [1.54, 1.807) is 0 Å². The first-order valence-electron chi connectivity index (χ1n) is 9.70. The maximum Gasteiger partial charge on any atom is 0.232 e. The number of aromatic amines is 1. The van der Waals surface area contributed by atoms with Crippen molar-refractivity contribution in [3.05, 3.63) is 47.5 Å². The molecule has 0 bridgehead atoms. The van der Waals surface area contributed by atoms with Gasteiger partial charge in [-0.05, 0) is 59.6 Å². The molecule has 1 aromatic carbocycles. The van der Waals surface area contributed by atoms with Gasteiger partial charge in [-0.3, -0.25) is 14.7 Å². The van der Waals surface area contributed by atoms with Crippen LogP contribution in [0.25, 0.3) is 22.0 Å². The van der Waals surface area contributed by atoms with Gasteiger partial charge in [0.25, 0.3) is 0 Å². The van der Waals surface area contributed by atoms with Crippen LogP contribution in [0.15, 0.2) is 30.5 Å². The molecule has 1 N–H and O–H groups in total. The van der Waals surface area contributed by atoms with E-state index < -0.39 is 0 Å². The number of nitrogens with one attached hydrogen (secondary N) is 1. The highest BCUT2D eigenvalue weighted by Gasteiger charge is 2.16. The summed E-state index contributed by atoms with van der Waals surface area (Å²) in [5, 5.41) is 17.0. The predicted molar refractivity (Wildman–Crippen MR) is 133 cm³/mol. The van der Waals surface area contributed by atoms with Crippen LogP contribution in [0.1, 0.15) is 17.1 Å². The molecule has 0 saturated heterocycles. The first-order valence-corrected chi connectivity index (χ1v) is 13.8. The molecule has 0 spiro atoms. The van der Waals surface area contributed by atoms with Crippen LogP contribution in [0.3, 0.4) is 0 Å². The Labute approximate surface area is 195 Å². The fourth-order valence-electron chi connectivity index (χ4n) is 3.46. The van der Waals surface area contributed by atoms with Crippen molar-refractivity contribution in [3.63, 3.8) is 0 Å². The third-order valence-corrected chi connectivity index (χ3v) is 6.97. The lowest BCUT2D eigenvalue weighted by Gasteiger charge is -2.18. The van der Waals surface area contributed by atoms with E-state index in [9.17, 15) is 0 Å². The lowest BCUT2D eigenvalue weighted by molar-refractivity contribution is 0.224. The second-order valence-electron chi connectivity index (χ2n) is 7.33. The summed E-state index contributed by atoms with van der Waals surface area (Å²) >= 11 is 2.31. The molecule has 31 heavy (non-hydrogen) atoms. The molecule has 0 amide bonds. The maximum atomic E-state index is 5.71. The van der Waals surface area contributed by atoms with Crippen molar-refractivity contribution in [1.82, 2.24) is 34.4 Å². The predicted octanol–water partition coefficient (Wildman–Crippen LogP) is 3.75. The molecule has 0 fully saturated rings. The molecule has 1 atom stereocenters. The Kier molecular flexibility index (Phi) is 6.60. The summed E-state index contributed by atoms with van der Waals surface area (Å²) in [6.07, 6.45) is 8.10. The number of halogens is 1. The molecule has 0 saturated carbocycles. The first kappa shape index (κ1) is 21.8. The van der Waals surface area contributed by atoms with E-state index in [1.807, 2.05) is 35.4 Å². The smallest absolute Gasteiger partial charge is 0.232 e. The number of rotatable bonds is 8. The molecular weight excluding hydrogens is 524 g/mol. The Balaban J connectivity index is 1.52. The van der Waals surface area contributed by atoms with Crippen LogP contribution in [-0.4, -0.2) is 54.6 Å². The second-order valence-corrected chi connectivity index (χ2v) is 9.37. The van der Waals surface area contributed by atoms with Crippen LogP contribution >= 0.6 is 28.4 Å². The maximum absolute atomic E-state index is 5.71. The number of hydrogen-bond acceptors (Lipinski definition) is 5. The van der Waals surface area contributed by atoms with Crippen LogP contribution in [0.4, 0.5) is 0 Å². The molecule has 4 rings (SSSR count). The zero-order valence-corrected chi connectivity index (χ0v) is 20.7. The third-order valence-electron chi connectivity index (χ3n) is 5.09. The minimum absolute atomic E-state index is 0.498. The Morgan fingerprint density at radius 1 is 1.35 bits per heavy atom. The fourth-order valence-corrected chi connectivity index (χ4v) is 4.98. The Bertz CT molecular complexity index is 1250. The van der Waals surface area contributed by atoms with Crippen molar-refractivity contribution in [2.24, 2.45) is 7.05 Å². The largest absolute Gasteiger partial charge is 0.475 e. The highest BCUT2D eigenvalue weighted by Crippen LogP contribution is 2.33. The molecule has 8 nitrogen and oxygen atoms in total. The van der Waals surface area contributed by atoms with Crippen molar-refractivity contribution < 1.29 is 4.74 Å². The first-order chi connectivity index (χ1) is 15.0. The van der Waals surface area contributed by atoms with Gasteiger partial charge in [-0.2, -0.15) is 10.2 Å². The summed E-state index contributed by atoms with van der Waals surface area (Å²) in [6.45, 7) is 4.01.